The van der Waals surface area contributed by atoms with Crippen LogP contribution in [0.1, 0.15) is 12.0 Å². The Balaban J connectivity index is 1.53. The van der Waals surface area contributed by atoms with Gasteiger partial charge < -0.3 is 15.1 Å². The highest BCUT2D eigenvalue weighted by atomic mass is 15.2. The normalized spacial score (nSPS) is 22.0. The second kappa shape index (κ2) is 6.71. The van der Waals surface area contributed by atoms with Gasteiger partial charge in [-0.15, -0.1) is 0 Å². The van der Waals surface area contributed by atoms with Crippen molar-refractivity contribution in [3.63, 3.8) is 0 Å². The first-order chi connectivity index (χ1) is 11.8. The molecule has 0 spiro atoms. The van der Waals surface area contributed by atoms with Crippen LogP contribution in [0.5, 0.6) is 0 Å². The molecule has 124 valence electrons. The maximum Gasteiger partial charge on any atom is 0.113 e. The predicted molar refractivity (Wildman–Crippen MR) is 93.9 cm³/mol. The van der Waals surface area contributed by atoms with E-state index in [4.69, 9.17) is 0 Å². The Hall–Kier alpha value is -2.23. The molecule has 0 bridgehead atoms. The van der Waals surface area contributed by atoms with E-state index in [0.29, 0.717) is 17.0 Å². The van der Waals surface area contributed by atoms with Crippen molar-refractivity contribution in [2.45, 2.75) is 6.42 Å². The van der Waals surface area contributed by atoms with Crippen molar-refractivity contribution < 1.29 is 0 Å². The monoisotopic (exact) mass is 322 g/mol. The third-order valence-electron chi connectivity index (χ3n) is 5.08. The average Bonchev–Trinajstić information content (AvgIpc) is 3.10. The van der Waals surface area contributed by atoms with Crippen molar-refractivity contribution >= 4 is 16.7 Å². The van der Waals surface area contributed by atoms with Crippen LogP contribution in [0.3, 0.4) is 0 Å². The molecule has 0 aliphatic carbocycles. The molecule has 1 N–H and O–H groups in total. The van der Waals surface area contributed by atoms with Crippen LogP contribution in [-0.2, 0) is 0 Å². The van der Waals surface area contributed by atoms with E-state index in [1.165, 1.54) is 13.0 Å². The first-order valence-electron chi connectivity index (χ1n) is 8.67. The molecular formula is C18H22N6. The van der Waals surface area contributed by atoms with Crippen LogP contribution in [-0.4, -0.2) is 60.7 Å². The SMILES string of the molecule is N#Cc1ccc(N2CCC(CN3CCNCC3)C2)c2nccnc12. The molecule has 24 heavy (non-hydrogen) atoms. The van der Waals surface area contributed by atoms with Gasteiger partial charge >= 0.3 is 0 Å². The lowest BCUT2D eigenvalue weighted by Gasteiger charge is -2.29. The van der Waals surface area contributed by atoms with Gasteiger partial charge in [-0.05, 0) is 24.5 Å². The molecule has 0 radical (unpaired) electrons. The lowest BCUT2D eigenvalue weighted by atomic mass is 10.1. The maximum absolute atomic E-state index is 9.27. The average molecular weight is 322 g/mol. The standard InChI is InChI=1S/C18H22N6/c19-11-15-1-2-16(18-17(15)21-4-5-22-18)24-8-3-14(13-24)12-23-9-6-20-7-10-23/h1-2,4-5,14,20H,3,6-10,12-13H2. The Labute approximate surface area is 142 Å². The molecule has 0 saturated carbocycles. The molecule has 2 aromatic rings. The summed E-state index contributed by atoms with van der Waals surface area (Å²) < 4.78 is 0. The largest absolute Gasteiger partial charge is 0.369 e. The van der Waals surface area contributed by atoms with Crippen molar-refractivity contribution in [2.24, 2.45) is 5.92 Å². The van der Waals surface area contributed by atoms with E-state index >= 15 is 0 Å². The number of aromatic nitrogens is 2. The number of nitrogens with one attached hydrogen (secondary N) is 1. The lowest BCUT2D eigenvalue weighted by Crippen LogP contribution is -2.45. The van der Waals surface area contributed by atoms with Gasteiger partial charge in [-0.25, -0.2) is 0 Å². The molecule has 6 heteroatoms. The highest BCUT2D eigenvalue weighted by Crippen LogP contribution is 2.30. The molecule has 0 amide bonds. The zero-order chi connectivity index (χ0) is 16.4. The van der Waals surface area contributed by atoms with Crippen molar-refractivity contribution in [1.29, 1.82) is 5.26 Å². The number of anilines is 1. The van der Waals surface area contributed by atoms with Gasteiger partial charge in [-0.3, -0.25) is 9.97 Å². The van der Waals surface area contributed by atoms with Crippen molar-refractivity contribution in [2.75, 3.05) is 50.7 Å². The summed E-state index contributed by atoms with van der Waals surface area (Å²) in [6.07, 6.45) is 4.58. The van der Waals surface area contributed by atoms with Crippen LogP contribution in [0.2, 0.25) is 0 Å². The van der Waals surface area contributed by atoms with E-state index in [2.05, 4.69) is 31.2 Å². The van der Waals surface area contributed by atoms with Gasteiger partial charge in [0, 0.05) is 58.2 Å². The molecule has 2 fully saturated rings. The van der Waals surface area contributed by atoms with Crippen LogP contribution in [0.15, 0.2) is 24.5 Å². The number of benzene rings is 1. The third-order valence-corrected chi connectivity index (χ3v) is 5.08. The Morgan fingerprint density at radius 3 is 2.71 bits per heavy atom. The summed E-state index contributed by atoms with van der Waals surface area (Å²) in [5.41, 5.74) is 3.26. The molecule has 2 saturated heterocycles. The van der Waals surface area contributed by atoms with Gasteiger partial charge in [0.05, 0.1) is 11.3 Å². The second-order valence-corrected chi connectivity index (χ2v) is 6.65. The number of piperazine rings is 1. The molecule has 3 heterocycles. The summed E-state index contributed by atoms with van der Waals surface area (Å²) in [6.45, 7) is 7.80. The van der Waals surface area contributed by atoms with Crippen LogP contribution in [0.4, 0.5) is 5.69 Å². The Morgan fingerprint density at radius 2 is 1.92 bits per heavy atom. The number of nitriles is 1. The fourth-order valence-corrected chi connectivity index (χ4v) is 3.85. The molecule has 4 rings (SSSR count). The van der Waals surface area contributed by atoms with E-state index < -0.39 is 0 Å². The minimum atomic E-state index is 0.596. The second-order valence-electron chi connectivity index (χ2n) is 6.65. The first kappa shape index (κ1) is 15.3. The quantitative estimate of drug-likeness (QED) is 0.917. The fourth-order valence-electron chi connectivity index (χ4n) is 3.85. The predicted octanol–water partition coefficient (Wildman–Crippen LogP) is 1.23. The van der Waals surface area contributed by atoms with Crippen LogP contribution in [0, 0.1) is 17.2 Å². The van der Waals surface area contributed by atoms with Gasteiger partial charge in [0.15, 0.2) is 0 Å². The summed E-state index contributed by atoms with van der Waals surface area (Å²) in [6, 6.07) is 6.12. The van der Waals surface area contributed by atoms with Gasteiger partial charge in [0.25, 0.3) is 0 Å². The maximum atomic E-state index is 9.27. The molecule has 1 aromatic carbocycles. The van der Waals surface area contributed by atoms with E-state index in [1.54, 1.807) is 12.4 Å². The Bertz CT molecular complexity index is 762. The van der Waals surface area contributed by atoms with Gasteiger partial charge in [-0.2, -0.15) is 5.26 Å². The minimum absolute atomic E-state index is 0.596. The van der Waals surface area contributed by atoms with Crippen LogP contribution < -0.4 is 10.2 Å². The van der Waals surface area contributed by atoms with Crippen molar-refractivity contribution in [3.8, 4) is 6.07 Å². The van der Waals surface area contributed by atoms with E-state index in [-0.39, 0.29) is 0 Å². The molecular weight excluding hydrogens is 300 g/mol. The number of rotatable bonds is 3. The number of hydrogen-bond donors (Lipinski definition) is 1. The highest BCUT2D eigenvalue weighted by molar-refractivity contribution is 5.92. The minimum Gasteiger partial charge on any atom is -0.369 e. The molecule has 1 unspecified atom stereocenters. The highest BCUT2D eigenvalue weighted by Gasteiger charge is 2.26. The summed E-state index contributed by atoms with van der Waals surface area (Å²) >= 11 is 0. The zero-order valence-electron chi connectivity index (χ0n) is 13.8. The Morgan fingerprint density at radius 1 is 1.12 bits per heavy atom. The van der Waals surface area contributed by atoms with E-state index in [1.807, 2.05) is 12.1 Å². The lowest BCUT2D eigenvalue weighted by molar-refractivity contribution is 0.212. The van der Waals surface area contributed by atoms with Crippen molar-refractivity contribution in [3.05, 3.63) is 30.1 Å². The number of fused-ring (bicyclic) bond motifs is 1. The van der Waals surface area contributed by atoms with Crippen LogP contribution >= 0.6 is 0 Å². The zero-order valence-corrected chi connectivity index (χ0v) is 13.8. The fraction of sp³-hybridized carbons (Fsp3) is 0.500. The Kier molecular flexibility index (Phi) is 4.28. The summed E-state index contributed by atoms with van der Waals surface area (Å²) in [5.74, 6) is 0.700. The van der Waals surface area contributed by atoms with Gasteiger partial charge in [0.2, 0.25) is 0 Å². The molecule has 2 aliphatic heterocycles. The number of hydrogen-bond acceptors (Lipinski definition) is 6. The molecule has 1 atom stereocenters. The first-order valence-corrected chi connectivity index (χ1v) is 8.67. The number of nitrogens with zero attached hydrogens (tertiary/aromatic N) is 5. The van der Waals surface area contributed by atoms with E-state index in [0.717, 1.165) is 50.5 Å². The summed E-state index contributed by atoms with van der Waals surface area (Å²) in [5, 5.41) is 12.7. The topological polar surface area (TPSA) is 68.1 Å². The smallest absolute Gasteiger partial charge is 0.113 e. The van der Waals surface area contributed by atoms with Gasteiger partial charge in [0.1, 0.15) is 17.1 Å². The van der Waals surface area contributed by atoms with Crippen molar-refractivity contribution in [1.82, 2.24) is 20.2 Å². The summed E-state index contributed by atoms with van der Waals surface area (Å²) in [4.78, 5) is 13.8. The van der Waals surface area contributed by atoms with Gasteiger partial charge in [-0.1, -0.05) is 0 Å². The van der Waals surface area contributed by atoms with Crippen LogP contribution in [0.25, 0.3) is 11.0 Å². The molecule has 2 aliphatic rings. The molecule has 1 aromatic heterocycles. The summed E-state index contributed by atoms with van der Waals surface area (Å²) in [7, 11) is 0. The van der Waals surface area contributed by atoms with E-state index in [9.17, 15) is 5.26 Å². The third kappa shape index (κ3) is 2.93. The molecule has 6 nitrogen and oxygen atoms in total.